The lowest BCUT2D eigenvalue weighted by Crippen LogP contribution is -2.39. The van der Waals surface area contributed by atoms with Crippen LogP contribution in [0.15, 0.2) is 42.7 Å². The Morgan fingerprint density at radius 1 is 1.17 bits per heavy atom. The van der Waals surface area contributed by atoms with E-state index in [-0.39, 0.29) is 11.9 Å². The van der Waals surface area contributed by atoms with Gasteiger partial charge in [-0.1, -0.05) is 12.1 Å². The largest absolute Gasteiger partial charge is 0.326 e. The van der Waals surface area contributed by atoms with Crippen molar-refractivity contribution in [2.45, 2.75) is 19.9 Å². The van der Waals surface area contributed by atoms with Gasteiger partial charge in [0.05, 0.1) is 11.9 Å². The van der Waals surface area contributed by atoms with Crippen LogP contribution >= 0.6 is 0 Å². The van der Waals surface area contributed by atoms with Gasteiger partial charge in [-0.05, 0) is 35.7 Å². The molecule has 0 fully saturated rings. The van der Waals surface area contributed by atoms with Crippen molar-refractivity contribution in [3.63, 3.8) is 0 Å². The third-order valence-corrected chi connectivity index (χ3v) is 3.78. The summed E-state index contributed by atoms with van der Waals surface area (Å²) in [6.07, 6.45) is 3.99. The quantitative estimate of drug-likeness (QED) is 0.895. The van der Waals surface area contributed by atoms with E-state index < -0.39 is 0 Å². The van der Waals surface area contributed by atoms with Crippen LogP contribution in [0.25, 0.3) is 0 Å². The molecular formula is C17H18N4O2. The van der Waals surface area contributed by atoms with Crippen LogP contribution in [0.2, 0.25) is 0 Å². The standard InChI is InChI=1S/C17H18N4O2/c1-12(22)19-16-6-2-4-13-11-21(9-7-15(13)16)17(23)20-14-5-3-8-18-10-14/h2-6,8,10H,7,9,11H2,1H3,(H,19,22)(H,20,23). The van der Waals surface area contributed by atoms with Crippen LogP contribution in [0.1, 0.15) is 18.1 Å². The number of anilines is 2. The van der Waals surface area contributed by atoms with Gasteiger partial charge in [0.2, 0.25) is 5.91 Å². The van der Waals surface area contributed by atoms with E-state index in [0.29, 0.717) is 25.2 Å². The summed E-state index contributed by atoms with van der Waals surface area (Å²) in [5.74, 6) is -0.0878. The zero-order valence-corrected chi connectivity index (χ0v) is 12.9. The molecule has 0 unspecified atom stereocenters. The van der Waals surface area contributed by atoms with E-state index in [2.05, 4.69) is 15.6 Å². The Morgan fingerprint density at radius 3 is 2.78 bits per heavy atom. The van der Waals surface area contributed by atoms with E-state index >= 15 is 0 Å². The fraction of sp³-hybridized carbons (Fsp3) is 0.235. The summed E-state index contributed by atoms with van der Waals surface area (Å²) in [6, 6.07) is 9.22. The van der Waals surface area contributed by atoms with Crippen LogP contribution < -0.4 is 10.6 Å². The van der Waals surface area contributed by atoms with E-state index in [9.17, 15) is 9.59 Å². The van der Waals surface area contributed by atoms with Gasteiger partial charge in [0.1, 0.15) is 0 Å². The molecule has 1 aromatic carbocycles. The third-order valence-electron chi connectivity index (χ3n) is 3.78. The van der Waals surface area contributed by atoms with Gasteiger partial charge in [0.15, 0.2) is 0 Å². The number of fused-ring (bicyclic) bond motifs is 1. The molecule has 0 atom stereocenters. The SMILES string of the molecule is CC(=O)Nc1cccc2c1CCN(C(=O)Nc1cccnc1)C2. The normalized spacial score (nSPS) is 13.2. The van der Waals surface area contributed by atoms with E-state index in [1.807, 2.05) is 18.2 Å². The number of rotatable bonds is 2. The maximum atomic E-state index is 12.4. The lowest BCUT2D eigenvalue weighted by atomic mass is 9.98. The number of pyridine rings is 1. The molecule has 6 nitrogen and oxygen atoms in total. The van der Waals surface area contributed by atoms with Gasteiger partial charge >= 0.3 is 6.03 Å². The fourth-order valence-corrected chi connectivity index (χ4v) is 2.73. The Balaban J connectivity index is 1.73. The summed E-state index contributed by atoms with van der Waals surface area (Å²) in [5.41, 5.74) is 3.68. The van der Waals surface area contributed by atoms with E-state index in [0.717, 1.165) is 16.8 Å². The van der Waals surface area contributed by atoms with Gasteiger partial charge in [0.25, 0.3) is 0 Å². The Morgan fingerprint density at radius 2 is 2.04 bits per heavy atom. The summed E-state index contributed by atoms with van der Waals surface area (Å²) in [7, 11) is 0. The maximum absolute atomic E-state index is 12.4. The smallest absolute Gasteiger partial charge is 0.322 e. The third kappa shape index (κ3) is 3.48. The first-order valence-electron chi connectivity index (χ1n) is 7.48. The van der Waals surface area contributed by atoms with E-state index in [1.54, 1.807) is 29.4 Å². The topological polar surface area (TPSA) is 74.3 Å². The van der Waals surface area contributed by atoms with Crippen LogP contribution in [0.5, 0.6) is 0 Å². The molecule has 118 valence electrons. The molecule has 0 saturated carbocycles. The molecule has 0 radical (unpaired) electrons. The van der Waals surface area contributed by atoms with Gasteiger partial charge in [-0.3, -0.25) is 9.78 Å². The van der Waals surface area contributed by atoms with Crippen LogP contribution in [0, 0.1) is 0 Å². The number of nitrogens with one attached hydrogen (secondary N) is 2. The molecule has 2 aromatic rings. The van der Waals surface area contributed by atoms with Gasteiger partial charge in [-0.15, -0.1) is 0 Å². The monoisotopic (exact) mass is 310 g/mol. The Kier molecular flexibility index (Phi) is 4.23. The summed E-state index contributed by atoms with van der Waals surface area (Å²) in [4.78, 5) is 29.4. The second kappa shape index (κ2) is 6.48. The van der Waals surface area contributed by atoms with Crippen LogP contribution in [-0.4, -0.2) is 28.4 Å². The van der Waals surface area contributed by atoms with Crippen LogP contribution in [0.3, 0.4) is 0 Å². The molecule has 0 saturated heterocycles. The predicted octanol–water partition coefficient (Wildman–Crippen LogP) is 2.63. The average molecular weight is 310 g/mol. The van der Waals surface area contributed by atoms with Gasteiger partial charge in [-0.25, -0.2) is 4.79 Å². The zero-order chi connectivity index (χ0) is 16.2. The summed E-state index contributed by atoms with van der Waals surface area (Å²) < 4.78 is 0. The first kappa shape index (κ1) is 15.0. The molecule has 0 aliphatic carbocycles. The number of carbonyl (C=O) groups excluding carboxylic acids is 2. The van der Waals surface area contributed by atoms with Crippen LogP contribution in [0.4, 0.5) is 16.2 Å². The van der Waals surface area contributed by atoms with Gasteiger partial charge < -0.3 is 15.5 Å². The average Bonchev–Trinajstić information content (AvgIpc) is 2.55. The first-order chi connectivity index (χ1) is 11.1. The lowest BCUT2D eigenvalue weighted by molar-refractivity contribution is -0.114. The fourth-order valence-electron chi connectivity index (χ4n) is 2.73. The molecule has 6 heteroatoms. The molecule has 2 heterocycles. The summed E-state index contributed by atoms with van der Waals surface area (Å²) >= 11 is 0. The van der Waals surface area contributed by atoms with E-state index in [4.69, 9.17) is 0 Å². The minimum absolute atomic E-state index is 0.0878. The first-order valence-corrected chi connectivity index (χ1v) is 7.48. The highest BCUT2D eigenvalue weighted by Gasteiger charge is 2.22. The molecule has 3 rings (SSSR count). The van der Waals surface area contributed by atoms with Crippen molar-refractivity contribution < 1.29 is 9.59 Å². The van der Waals surface area contributed by atoms with Crippen molar-refractivity contribution in [2.75, 3.05) is 17.2 Å². The molecule has 3 amide bonds. The minimum Gasteiger partial charge on any atom is -0.326 e. The highest BCUT2D eigenvalue weighted by atomic mass is 16.2. The number of carbonyl (C=O) groups is 2. The maximum Gasteiger partial charge on any atom is 0.322 e. The molecule has 2 N–H and O–H groups in total. The number of amides is 3. The van der Waals surface area contributed by atoms with Crippen molar-refractivity contribution in [1.82, 2.24) is 9.88 Å². The summed E-state index contributed by atoms with van der Waals surface area (Å²) in [5, 5.41) is 5.69. The van der Waals surface area contributed by atoms with Crippen molar-refractivity contribution in [3.8, 4) is 0 Å². The Hall–Kier alpha value is -2.89. The highest BCUT2D eigenvalue weighted by Crippen LogP contribution is 2.26. The lowest BCUT2D eigenvalue weighted by Gasteiger charge is -2.30. The molecule has 1 aliphatic rings. The van der Waals surface area contributed by atoms with Crippen molar-refractivity contribution >= 4 is 23.3 Å². The molecule has 23 heavy (non-hydrogen) atoms. The number of nitrogens with zero attached hydrogens (tertiary/aromatic N) is 2. The molecule has 1 aromatic heterocycles. The van der Waals surface area contributed by atoms with Gasteiger partial charge in [-0.2, -0.15) is 0 Å². The second-order valence-corrected chi connectivity index (χ2v) is 5.47. The van der Waals surface area contributed by atoms with Crippen molar-refractivity contribution in [2.24, 2.45) is 0 Å². The summed E-state index contributed by atoms with van der Waals surface area (Å²) in [6.45, 7) is 2.63. The molecule has 0 spiro atoms. The Labute approximate surface area is 134 Å². The number of urea groups is 1. The number of hydrogen-bond donors (Lipinski definition) is 2. The molecule has 0 bridgehead atoms. The van der Waals surface area contributed by atoms with Gasteiger partial charge in [0, 0.05) is 31.9 Å². The predicted molar refractivity (Wildman–Crippen MR) is 88.1 cm³/mol. The molecular weight excluding hydrogens is 292 g/mol. The highest BCUT2D eigenvalue weighted by molar-refractivity contribution is 5.91. The second-order valence-electron chi connectivity index (χ2n) is 5.47. The van der Waals surface area contributed by atoms with Crippen LogP contribution in [-0.2, 0) is 17.8 Å². The van der Waals surface area contributed by atoms with E-state index in [1.165, 1.54) is 6.92 Å². The van der Waals surface area contributed by atoms with Crippen molar-refractivity contribution in [3.05, 3.63) is 53.9 Å². The number of benzene rings is 1. The van der Waals surface area contributed by atoms with Crippen molar-refractivity contribution in [1.29, 1.82) is 0 Å². The minimum atomic E-state index is -0.145. The molecule has 1 aliphatic heterocycles. The number of hydrogen-bond acceptors (Lipinski definition) is 3. The number of aromatic nitrogens is 1. The Bertz CT molecular complexity index is 731. The zero-order valence-electron chi connectivity index (χ0n) is 12.9.